The summed E-state index contributed by atoms with van der Waals surface area (Å²) >= 11 is 1.29. The maximum atomic E-state index is 12.4. The molecule has 1 amide bonds. The molecule has 0 aliphatic carbocycles. The van der Waals surface area contributed by atoms with Crippen LogP contribution in [0.3, 0.4) is 0 Å². The van der Waals surface area contributed by atoms with Crippen LogP contribution in [-0.4, -0.2) is 47.7 Å². The first-order valence-electron chi connectivity index (χ1n) is 12.7. The average molecular weight is 496 g/mol. The van der Waals surface area contributed by atoms with Crippen molar-refractivity contribution in [3.05, 3.63) is 57.8 Å². The number of benzene rings is 1. The van der Waals surface area contributed by atoms with Crippen molar-refractivity contribution >= 4 is 23.2 Å². The molecule has 0 saturated carbocycles. The second-order valence-corrected chi connectivity index (χ2v) is 10.5. The van der Waals surface area contributed by atoms with E-state index in [2.05, 4.69) is 49.1 Å². The summed E-state index contributed by atoms with van der Waals surface area (Å²) in [5.41, 5.74) is 1.39. The third-order valence-corrected chi connectivity index (χ3v) is 7.81. The highest BCUT2D eigenvalue weighted by Gasteiger charge is 2.30. The summed E-state index contributed by atoms with van der Waals surface area (Å²) in [5, 5.41) is 10.7. The van der Waals surface area contributed by atoms with E-state index in [0.29, 0.717) is 24.3 Å². The number of aryl methyl sites for hydroxylation is 1. The van der Waals surface area contributed by atoms with Crippen LogP contribution in [0.2, 0.25) is 0 Å². The molecule has 0 unspecified atom stereocenters. The lowest BCUT2D eigenvalue weighted by Crippen LogP contribution is -2.34. The second kappa shape index (κ2) is 14.1. The first-order chi connectivity index (χ1) is 17.0. The van der Waals surface area contributed by atoms with Gasteiger partial charge in [-0.2, -0.15) is 0 Å². The maximum Gasteiger partial charge on any atom is 0.348 e. The van der Waals surface area contributed by atoms with Crippen LogP contribution in [0.15, 0.2) is 42.5 Å². The smallest absolute Gasteiger partial charge is 0.348 e. The fourth-order valence-electron chi connectivity index (χ4n) is 4.59. The lowest BCUT2D eigenvalue weighted by atomic mass is 9.92. The maximum absolute atomic E-state index is 12.4. The van der Waals surface area contributed by atoms with Crippen LogP contribution in [0.4, 0.5) is 0 Å². The molecule has 6 heteroatoms. The van der Waals surface area contributed by atoms with Crippen LogP contribution >= 0.6 is 11.3 Å². The van der Waals surface area contributed by atoms with Gasteiger partial charge in [0.15, 0.2) is 0 Å². The second-order valence-electron chi connectivity index (χ2n) is 9.38. The Morgan fingerprint density at radius 3 is 2.74 bits per heavy atom. The molecule has 1 fully saturated rings. The lowest BCUT2D eigenvalue weighted by molar-refractivity contribution is -0.128. The number of rotatable bonds is 12. The van der Waals surface area contributed by atoms with Gasteiger partial charge in [0, 0.05) is 12.5 Å². The van der Waals surface area contributed by atoms with Gasteiger partial charge < -0.3 is 14.7 Å². The first kappa shape index (κ1) is 27.0. The molecule has 1 saturated heterocycles. The monoisotopic (exact) mass is 495 g/mol. The van der Waals surface area contributed by atoms with Crippen LogP contribution in [0.1, 0.15) is 78.4 Å². The highest BCUT2D eigenvalue weighted by Crippen LogP contribution is 2.25. The molecule has 0 radical (unpaired) electrons. The third-order valence-electron chi connectivity index (χ3n) is 6.83. The number of carbonyl (C=O) groups is 2. The Kier molecular flexibility index (Phi) is 10.8. The lowest BCUT2D eigenvalue weighted by Gasteiger charge is -2.25. The summed E-state index contributed by atoms with van der Waals surface area (Å²) in [6, 6.07) is 14.2. The molecule has 0 spiro atoms. The predicted molar refractivity (Wildman–Crippen MR) is 140 cm³/mol. The minimum atomic E-state index is -0.363. The Labute approximate surface area is 213 Å². The Balaban J connectivity index is 1.37. The summed E-state index contributed by atoms with van der Waals surface area (Å²) in [5.74, 6) is 6.18. The average Bonchev–Trinajstić information content (AvgIpc) is 3.49. The molecule has 1 aromatic carbocycles. The number of aliphatic hydroxyl groups is 1. The molecule has 1 aliphatic heterocycles. The number of carbonyl (C=O) groups excluding carboxylic acids is 2. The van der Waals surface area contributed by atoms with E-state index >= 15 is 0 Å². The number of likely N-dealkylation sites (tertiary alicyclic amines) is 1. The molecule has 35 heavy (non-hydrogen) atoms. The van der Waals surface area contributed by atoms with Crippen molar-refractivity contribution < 1.29 is 19.4 Å². The number of aliphatic hydroxyl groups excluding tert-OH is 1. The molecule has 3 rings (SSSR count). The number of amides is 1. The van der Waals surface area contributed by atoms with Gasteiger partial charge in [0.05, 0.1) is 24.6 Å². The Bertz CT molecular complexity index is 1010. The summed E-state index contributed by atoms with van der Waals surface area (Å²) < 4.78 is 4.73. The topological polar surface area (TPSA) is 66.8 Å². The van der Waals surface area contributed by atoms with E-state index in [1.165, 1.54) is 36.9 Å². The normalized spacial score (nSPS) is 17.1. The number of ether oxygens (including phenoxy) is 1. The predicted octanol–water partition coefficient (Wildman–Crippen LogP) is 5.46. The number of nitrogens with zero attached hydrogens (tertiary/aromatic N) is 1. The van der Waals surface area contributed by atoms with Crippen LogP contribution in [0, 0.1) is 17.8 Å². The van der Waals surface area contributed by atoms with Crippen molar-refractivity contribution in [3.8, 4) is 11.8 Å². The Morgan fingerprint density at radius 2 is 1.97 bits per heavy atom. The minimum Gasteiger partial charge on any atom is -0.465 e. The van der Waals surface area contributed by atoms with Gasteiger partial charge in [-0.1, -0.05) is 61.9 Å². The number of hydrogen-bond donors (Lipinski definition) is 1. The zero-order valence-electron chi connectivity index (χ0n) is 20.9. The van der Waals surface area contributed by atoms with Gasteiger partial charge in [0.25, 0.3) is 0 Å². The molecule has 2 heterocycles. The van der Waals surface area contributed by atoms with Crippen LogP contribution in [-0.2, 0) is 16.0 Å². The molecule has 1 aromatic heterocycles. The summed E-state index contributed by atoms with van der Waals surface area (Å²) in [6.45, 7) is 2.51. The van der Waals surface area contributed by atoms with Crippen LogP contribution in [0.5, 0.6) is 0 Å². The number of hydrogen-bond acceptors (Lipinski definition) is 5. The fourth-order valence-corrected chi connectivity index (χ4v) is 5.39. The molecule has 1 aliphatic rings. The van der Waals surface area contributed by atoms with Gasteiger partial charge in [-0.05, 0) is 62.1 Å². The van der Waals surface area contributed by atoms with Crippen molar-refractivity contribution in [2.45, 2.75) is 76.9 Å². The summed E-state index contributed by atoms with van der Waals surface area (Å²) in [4.78, 5) is 27.1. The minimum absolute atomic E-state index is 0.131. The van der Waals surface area contributed by atoms with E-state index in [0.717, 1.165) is 37.0 Å². The van der Waals surface area contributed by atoms with Crippen molar-refractivity contribution in [2.75, 3.05) is 13.7 Å². The van der Waals surface area contributed by atoms with Crippen molar-refractivity contribution in [1.29, 1.82) is 0 Å². The molecule has 0 bridgehead atoms. The zero-order chi connectivity index (χ0) is 25.0. The first-order valence-corrected chi connectivity index (χ1v) is 13.5. The van der Waals surface area contributed by atoms with E-state index < -0.39 is 0 Å². The molecular formula is C29H37NO4S. The number of esters is 1. The quantitative estimate of drug-likeness (QED) is 0.241. The molecule has 188 valence electrons. The van der Waals surface area contributed by atoms with E-state index in [-0.39, 0.29) is 29.9 Å². The van der Waals surface area contributed by atoms with E-state index in [4.69, 9.17) is 4.74 Å². The van der Waals surface area contributed by atoms with Gasteiger partial charge in [0.2, 0.25) is 5.91 Å². The van der Waals surface area contributed by atoms with Gasteiger partial charge in [-0.15, -0.1) is 11.3 Å². The number of methoxy groups -OCH3 is 1. The molecule has 2 aromatic rings. The Morgan fingerprint density at radius 1 is 1.17 bits per heavy atom. The van der Waals surface area contributed by atoms with E-state index in [1.807, 2.05) is 4.90 Å². The zero-order valence-corrected chi connectivity index (χ0v) is 21.7. The number of thiophene rings is 1. The van der Waals surface area contributed by atoms with Crippen molar-refractivity contribution in [1.82, 2.24) is 4.90 Å². The largest absolute Gasteiger partial charge is 0.465 e. The SMILES string of the molecule is COC(=O)c1ccc(C#CCN2C(=O)CC[C@@H]2CC[C@@H](O)[C@@H](C)CCCCCc2ccccc2)s1. The highest BCUT2D eigenvalue weighted by atomic mass is 32.1. The standard InChI is InChI=1S/C29H37NO4S/c1-22(10-5-3-6-11-23-12-7-4-8-13-23)26(31)18-15-24-16-20-28(32)30(24)21-9-14-25-17-19-27(35-25)29(33)34-2/h4,7-8,12-13,17,19,22,24,26,31H,3,5-6,10-11,15-16,18,20-21H2,1-2H3/t22-,24-,26+/m0/s1. The van der Waals surface area contributed by atoms with Gasteiger partial charge in [0.1, 0.15) is 4.88 Å². The molecule has 3 atom stereocenters. The highest BCUT2D eigenvalue weighted by molar-refractivity contribution is 7.14. The molecular weight excluding hydrogens is 458 g/mol. The van der Waals surface area contributed by atoms with Crippen molar-refractivity contribution in [2.24, 2.45) is 5.92 Å². The van der Waals surface area contributed by atoms with Gasteiger partial charge in [-0.3, -0.25) is 4.79 Å². The van der Waals surface area contributed by atoms with Crippen LogP contribution < -0.4 is 0 Å². The van der Waals surface area contributed by atoms with Gasteiger partial charge in [-0.25, -0.2) is 4.79 Å². The summed E-state index contributed by atoms with van der Waals surface area (Å²) in [6.07, 6.45) is 8.19. The molecule has 5 nitrogen and oxygen atoms in total. The third kappa shape index (κ3) is 8.52. The van der Waals surface area contributed by atoms with Gasteiger partial charge >= 0.3 is 5.97 Å². The fraction of sp³-hybridized carbons (Fsp3) is 0.517. The Hall–Kier alpha value is -2.62. The summed E-state index contributed by atoms with van der Waals surface area (Å²) in [7, 11) is 1.36. The van der Waals surface area contributed by atoms with Crippen molar-refractivity contribution in [3.63, 3.8) is 0 Å². The van der Waals surface area contributed by atoms with Crippen LogP contribution in [0.25, 0.3) is 0 Å². The van der Waals surface area contributed by atoms with E-state index in [9.17, 15) is 14.7 Å². The van der Waals surface area contributed by atoms with E-state index in [1.54, 1.807) is 12.1 Å². The molecule has 1 N–H and O–H groups in total. The number of unbranched alkanes of at least 4 members (excludes halogenated alkanes) is 2.